The van der Waals surface area contributed by atoms with E-state index in [-0.39, 0.29) is 18.2 Å². The molecule has 1 rings (SSSR count). The molecule has 0 heterocycles. The normalized spacial score (nSPS) is 11.9. The van der Waals surface area contributed by atoms with Gasteiger partial charge in [0.1, 0.15) is 0 Å². The third kappa shape index (κ3) is 4.71. The SMILES string of the molecule is CCCC(CN)C(=O)Nc1ccccc1CC(=O)O. The van der Waals surface area contributed by atoms with Crippen molar-refractivity contribution in [1.29, 1.82) is 0 Å². The summed E-state index contributed by atoms with van der Waals surface area (Å²) in [6.45, 7) is 2.29. The molecular weight excluding hydrogens is 244 g/mol. The molecule has 0 aliphatic rings. The second-order valence-corrected chi connectivity index (χ2v) is 4.44. The van der Waals surface area contributed by atoms with Crippen LogP contribution in [0.15, 0.2) is 24.3 Å². The highest BCUT2D eigenvalue weighted by atomic mass is 16.4. The Morgan fingerprint density at radius 1 is 1.37 bits per heavy atom. The maximum atomic E-state index is 12.0. The third-order valence-electron chi connectivity index (χ3n) is 2.91. The molecule has 0 fully saturated rings. The Balaban J connectivity index is 2.80. The summed E-state index contributed by atoms with van der Waals surface area (Å²) >= 11 is 0. The van der Waals surface area contributed by atoms with Gasteiger partial charge in [0.25, 0.3) is 0 Å². The van der Waals surface area contributed by atoms with Gasteiger partial charge in [0, 0.05) is 12.2 Å². The Bertz CT molecular complexity index is 446. The molecular formula is C14H20N2O3. The number of nitrogens with one attached hydrogen (secondary N) is 1. The minimum absolute atomic E-state index is 0.114. The van der Waals surface area contributed by atoms with Crippen LogP contribution in [0.3, 0.4) is 0 Å². The molecule has 0 aliphatic heterocycles. The van der Waals surface area contributed by atoms with Crippen LogP contribution >= 0.6 is 0 Å². The molecule has 0 aromatic heterocycles. The number of benzene rings is 1. The fraction of sp³-hybridized carbons (Fsp3) is 0.429. The molecule has 1 unspecified atom stereocenters. The number of aliphatic carboxylic acids is 1. The summed E-state index contributed by atoms with van der Waals surface area (Å²) in [5.41, 5.74) is 6.72. The van der Waals surface area contributed by atoms with E-state index in [0.717, 1.165) is 12.8 Å². The number of hydrogen-bond donors (Lipinski definition) is 3. The van der Waals surface area contributed by atoms with Crippen LogP contribution in [0.2, 0.25) is 0 Å². The Labute approximate surface area is 112 Å². The first-order valence-electron chi connectivity index (χ1n) is 6.39. The maximum Gasteiger partial charge on any atom is 0.307 e. The highest BCUT2D eigenvalue weighted by Gasteiger charge is 2.17. The van der Waals surface area contributed by atoms with Crippen molar-refractivity contribution >= 4 is 17.6 Å². The molecule has 5 heteroatoms. The summed E-state index contributed by atoms with van der Waals surface area (Å²) in [4.78, 5) is 22.8. The Morgan fingerprint density at radius 2 is 2.05 bits per heavy atom. The van der Waals surface area contributed by atoms with E-state index in [9.17, 15) is 9.59 Å². The van der Waals surface area contributed by atoms with Gasteiger partial charge in [0.15, 0.2) is 0 Å². The number of amides is 1. The van der Waals surface area contributed by atoms with Crippen LogP contribution in [0.1, 0.15) is 25.3 Å². The summed E-state index contributed by atoms with van der Waals surface area (Å²) in [7, 11) is 0. The summed E-state index contributed by atoms with van der Waals surface area (Å²) in [6, 6.07) is 6.91. The van der Waals surface area contributed by atoms with Crippen molar-refractivity contribution in [3.8, 4) is 0 Å². The molecule has 0 spiro atoms. The second-order valence-electron chi connectivity index (χ2n) is 4.44. The third-order valence-corrected chi connectivity index (χ3v) is 2.91. The van der Waals surface area contributed by atoms with Crippen LogP contribution < -0.4 is 11.1 Å². The minimum Gasteiger partial charge on any atom is -0.481 e. The van der Waals surface area contributed by atoms with Crippen LogP contribution in [-0.2, 0) is 16.0 Å². The van der Waals surface area contributed by atoms with Gasteiger partial charge >= 0.3 is 5.97 Å². The van der Waals surface area contributed by atoms with Crippen LogP contribution in [0.25, 0.3) is 0 Å². The van der Waals surface area contributed by atoms with Gasteiger partial charge < -0.3 is 16.2 Å². The van der Waals surface area contributed by atoms with Gasteiger partial charge in [-0.1, -0.05) is 31.5 Å². The molecule has 0 saturated carbocycles. The molecule has 0 aliphatic carbocycles. The minimum atomic E-state index is -0.925. The quantitative estimate of drug-likeness (QED) is 0.697. The average molecular weight is 264 g/mol. The number of carbonyl (C=O) groups is 2. The molecule has 5 nitrogen and oxygen atoms in total. The first-order valence-corrected chi connectivity index (χ1v) is 6.39. The molecule has 1 aromatic rings. The van der Waals surface area contributed by atoms with Gasteiger partial charge in [-0.3, -0.25) is 9.59 Å². The average Bonchev–Trinajstić information content (AvgIpc) is 2.37. The maximum absolute atomic E-state index is 12.0. The van der Waals surface area contributed by atoms with Crippen LogP contribution in [0.4, 0.5) is 5.69 Å². The monoisotopic (exact) mass is 264 g/mol. The standard InChI is InChI=1S/C14H20N2O3/c1-2-5-11(9-15)14(19)16-12-7-4-3-6-10(12)8-13(17)18/h3-4,6-7,11H,2,5,8-9,15H2,1H3,(H,16,19)(H,17,18). The molecule has 1 atom stereocenters. The molecule has 0 saturated heterocycles. The van der Waals surface area contributed by atoms with Crippen molar-refractivity contribution in [2.24, 2.45) is 11.7 Å². The van der Waals surface area contributed by atoms with E-state index in [4.69, 9.17) is 10.8 Å². The zero-order valence-corrected chi connectivity index (χ0v) is 11.1. The Morgan fingerprint density at radius 3 is 2.63 bits per heavy atom. The number of nitrogens with two attached hydrogens (primary N) is 1. The molecule has 0 radical (unpaired) electrons. The zero-order chi connectivity index (χ0) is 14.3. The predicted octanol–water partition coefficient (Wildman–Crippen LogP) is 1.63. The first kappa shape index (κ1) is 15.2. The van der Waals surface area contributed by atoms with Crippen molar-refractivity contribution in [3.05, 3.63) is 29.8 Å². The molecule has 4 N–H and O–H groups in total. The largest absolute Gasteiger partial charge is 0.481 e. The van der Waals surface area contributed by atoms with Crippen molar-refractivity contribution in [1.82, 2.24) is 0 Å². The highest BCUT2D eigenvalue weighted by molar-refractivity contribution is 5.94. The number of hydrogen-bond acceptors (Lipinski definition) is 3. The van der Waals surface area contributed by atoms with Crippen LogP contribution in [-0.4, -0.2) is 23.5 Å². The van der Waals surface area contributed by atoms with E-state index in [1.807, 2.05) is 6.92 Å². The van der Waals surface area contributed by atoms with Crippen molar-refractivity contribution in [3.63, 3.8) is 0 Å². The lowest BCUT2D eigenvalue weighted by molar-refractivity contribution is -0.136. The fourth-order valence-electron chi connectivity index (χ4n) is 1.90. The van der Waals surface area contributed by atoms with Crippen LogP contribution in [0, 0.1) is 5.92 Å². The summed E-state index contributed by atoms with van der Waals surface area (Å²) < 4.78 is 0. The van der Waals surface area contributed by atoms with Gasteiger partial charge in [-0.2, -0.15) is 0 Å². The van der Waals surface area contributed by atoms with E-state index in [1.54, 1.807) is 24.3 Å². The first-order chi connectivity index (χ1) is 9.08. The molecule has 1 amide bonds. The predicted molar refractivity (Wildman–Crippen MR) is 73.9 cm³/mol. The van der Waals surface area contributed by atoms with Gasteiger partial charge in [0.2, 0.25) is 5.91 Å². The topological polar surface area (TPSA) is 92.4 Å². The number of carboxylic acid groups (broad SMARTS) is 1. The molecule has 19 heavy (non-hydrogen) atoms. The number of carbonyl (C=O) groups excluding carboxylic acids is 1. The summed E-state index contributed by atoms with van der Waals surface area (Å²) in [5.74, 6) is -1.31. The summed E-state index contributed by atoms with van der Waals surface area (Å²) in [5, 5.41) is 11.6. The zero-order valence-electron chi connectivity index (χ0n) is 11.1. The molecule has 0 bridgehead atoms. The molecule has 104 valence electrons. The van der Waals surface area contributed by atoms with E-state index < -0.39 is 5.97 Å². The van der Waals surface area contributed by atoms with E-state index >= 15 is 0 Å². The van der Waals surface area contributed by atoms with Crippen molar-refractivity contribution in [2.75, 3.05) is 11.9 Å². The van der Waals surface area contributed by atoms with Gasteiger partial charge in [-0.15, -0.1) is 0 Å². The number of rotatable bonds is 7. The lowest BCUT2D eigenvalue weighted by Gasteiger charge is -2.15. The number of anilines is 1. The summed E-state index contributed by atoms with van der Waals surface area (Å²) in [6.07, 6.45) is 1.49. The lowest BCUT2D eigenvalue weighted by atomic mass is 10.0. The van der Waals surface area contributed by atoms with Gasteiger partial charge in [-0.05, 0) is 18.1 Å². The lowest BCUT2D eigenvalue weighted by Crippen LogP contribution is -2.29. The Kier molecular flexibility index (Phi) is 6.02. The van der Waals surface area contributed by atoms with E-state index in [1.165, 1.54) is 0 Å². The second kappa shape index (κ2) is 7.53. The molecule has 1 aromatic carbocycles. The van der Waals surface area contributed by atoms with Crippen molar-refractivity contribution in [2.45, 2.75) is 26.2 Å². The van der Waals surface area contributed by atoms with E-state index in [0.29, 0.717) is 17.8 Å². The Hall–Kier alpha value is -1.88. The van der Waals surface area contributed by atoms with Crippen molar-refractivity contribution < 1.29 is 14.7 Å². The van der Waals surface area contributed by atoms with E-state index in [2.05, 4.69) is 5.32 Å². The smallest absolute Gasteiger partial charge is 0.307 e. The fourth-order valence-corrected chi connectivity index (χ4v) is 1.90. The highest BCUT2D eigenvalue weighted by Crippen LogP contribution is 2.17. The van der Waals surface area contributed by atoms with Gasteiger partial charge in [-0.25, -0.2) is 0 Å². The van der Waals surface area contributed by atoms with Crippen LogP contribution in [0.5, 0.6) is 0 Å². The number of carboxylic acids is 1. The number of para-hydroxylation sites is 1. The van der Waals surface area contributed by atoms with Gasteiger partial charge in [0.05, 0.1) is 12.3 Å².